The number of nitrogens with zero attached hydrogens (tertiary/aromatic N) is 4. The molecule has 0 saturated heterocycles. The van der Waals surface area contributed by atoms with Crippen LogP contribution in [0.1, 0.15) is 5.56 Å². The van der Waals surface area contributed by atoms with E-state index in [2.05, 4.69) is 18.3 Å². The molecule has 0 saturated carbocycles. The van der Waals surface area contributed by atoms with E-state index < -0.39 is 52.0 Å². The first kappa shape index (κ1) is 19.4. The number of halogens is 6. The average Bonchev–Trinajstić information content (AvgIpc) is 2.91. The van der Waals surface area contributed by atoms with Gasteiger partial charge in [0.25, 0.3) is 0 Å². The SMILES string of the molecule is N#C[CH2][In]1[CH]=C(Nc2ncc(C(F)(F)F)c(NCC(F)(F)F)n2)C=[N]1. The normalized spacial score (nSPS) is 14.3. The maximum absolute atomic E-state index is 12.9. The van der Waals surface area contributed by atoms with Gasteiger partial charge >= 0.3 is 145 Å². The number of nitriles is 1. The van der Waals surface area contributed by atoms with Crippen molar-refractivity contribution < 1.29 is 26.3 Å². The quantitative estimate of drug-likeness (QED) is 0.653. The molecule has 0 unspecified atom stereocenters. The van der Waals surface area contributed by atoms with Crippen molar-refractivity contribution in [2.75, 3.05) is 17.2 Å². The molecule has 0 aliphatic carbocycles. The topological polar surface area (TPSA) is 86.0 Å². The molecule has 2 N–H and O–H groups in total. The third kappa shape index (κ3) is 5.80. The first-order valence-electron chi connectivity index (χ1n) is 6.72. The van der Waals surface area contributed by atoms with Gasteiger partial charge in [0.05, 0.1) is 0 Å². The van der Waals surface area contributed by atoms with E-state index in [4.69, 9.17) is 5.26 Å². The molecule has 13 heteroatoms. The number of nitrogens with one attached hydrogen (secondary N) is 2. The van der Waals surface area contributed by atoms with Crippen LogP contribution in [0.3, 0.4) is 0 Å². The Morgan fingerprint density at radius 3 is 2.52 bits per heavy atom. The van der Waals surface area contributed by atoms with E-state index >= 15 is 0 Å². The van der Waals surface area contributed by atoms with Crippen LogP contribution in [-0.4, -0.2) is 50.6 Å². The van der Waals surface area contributed by atoms with Gasteiger partial charge in [-0.2, -0.15) is 0 Å². The summed E-state index contributed by atoms with van der Waals surface area (Å²) in [5.74, 6) is -1.28. The van der Waals surface area contributed by atoms with E-state index in [0.717, 1.165) is 0 Å². The Morgan fingerprint density at radius 1 is 1.20 bits per heavy atom. The van der Waals surface area contributed by atoms with E-state index in [1.807, 2.05) is 6.07 Å². The van der Waals surface area contributed by atoms with Crippen molar-refractivity contribution in [1.29, 1.82) is 5.26 Å². The van der Waals surface area contributed by atoms with Crippen LogP contribution in [0.25, 0.3) is 0 Å². The molecule has 0 bridgehead atoms. The fraction of sp³-hybridized carbons (Fsp3) is 0.333. The van der Waals surface area contributed by atoms with Crippen molar-refractivity contribution in [2.24, 2.45) is 2.98 Å². The van der Waals surface area contributed by atoms with E-state index in [9.17, 15) is 26.3 Å². The van der Waals surface area contributed by atoms with Gasteiger partial charge in [0, 0.05) is 0 Å². The predicted molar refractivity (Wildman–Crippen MR) is 78.0 cm³/mol. The van der Waals surface area contributed by atoms with E-state index in [0.29, 0.717) is 16.1 Å². The number of hydrogen-bond acceptors (Lipinski definition) is 6. The summed E-state index contributed by atoms with van der Waals surface area (Å²) in [4.78, 5) is 6.96. The molecule has 0 aromatic carbocycles. The molecule has 0 amide bonds. The van der Waals surface area contributed by atoms with Crippen molar-refractivity contribution in [3.05, 3.63) is 21.3 Å². The van der Waals surface area contributed by atoms with Crippen molar-refractivity contribution >= 4 is 39.7 Å². The zero-order valence-corrected chi connectivity index (χ0v) is 15.6. The van der Waals surface area contributed by atoms with Gasteiger partial charge in [-0.05, 0) is 0 Å². The summed E-state index contributed by atoms with van der Waals surface area (Å²) < 4.78 is 81.6. The Kier molecular flexibility index (Phi) is 5.81. The van der Waals surface area contributed by atoms with Crippen LogP contribution in [0.5, 0.6) is 0 Å². The van der Waals surface area contributed by atoms with Crippen LogP contribution in [0, 0.1) is 11.3 Å². The fourth-order valence-electron chi connectivity index (χ4n) is 1.85. The molecule has 132 valence electrons. The number of anilines is 2. The summed E-state index contributed by atoms with van der Waals surface area (Å²) in [5.41, 5.74) is -0.990. The van der Waals surface area contributed by atoms with Crippen LogP contribution in [0.2, 0.25) is 4.18 Å². The van der Waals surface area contributed by atoms with E-state index in [1.54, 1.807) is 9.15 Å². The second-order valence-corrected chi connectivity index (χ2v) is 11.1. The summed E-state index contributed by atoms with van der Waals surface area (Å²) in [5, 5.41) is 12.8. The number of allylic oxidation sites excluding steroid dienone is 1. The van der Waals surface area contributed by atoms with E-state index in [1.165, 1.54) is 6.21 Å². The number of alkyl halides is 6. The van der Waals surface area contributed by atoms with Crippen molar-refractivity contribution in [3.63, 3.8) is 0 Å². The molecule has 0 radical (unpaired) electrons. The van der Waals surface area contributed by atoms with Crippen LogP contribution in [-0.2, 0) is 6.18 Å². The van der Waals surface area contributed by atoms with Crippen LogP contribution >= 0.6 is 0 Å². The molecule has 0 spiro atoms. The third-order valence-corrected chi connectivity index (χ3v) is 8.24. The molecule has 0 atom stereocenters. The Hall–Kier alpha value is -1.97. The van der Waals surface area contributed by atoms with Gasteiger partial charge in [-0.3, -0.25) is 0 Å². The van der Waals surface area contributed by atoms with Crippen LogP contribution < -0.4 is 10.6 Å². The Balaban J connectivity index is 2.22. The van der Waals surface area contributed by atoms with Gasteiger partial charge in [-0.1, -0.05) is 0 Å². The third-order valence-electron chi connectivity index (χ3n) is 2.88. The molecule has 1 aliphatic rings. The van der Waals surface area contributed by atoms with Gasteiger partial charge in [-0.15, -0.1) is 0 Å². The summed E-state index contributed by atoms with van der Waals surface area (Å²) in [7, 11) is 0. The van der Waals surface area contributed by atoms with Gasteiger partial charge in [-0.25, -0.2) is 0 Å². The van der Waals surface area contributed by atoms with Crippen LogP contribution in [0.15, 0.2) is 18.7 Å². The van der Waals surface area contributed by atoms with Gasteiger partial charge in [0.15, 0.2) is 0 Å². The zero-order valence-electron chi connectivity index (χ0n) is 12.3. The molecule has 0 fully saturated rings. The first-order chi connectivity index (χ1) is 11.6. The second-order valence-electron chi connectivity index (χ2n) is 4.88. The monoisotopic (exact) mass is 466 g/mol. The van der Waals surface area contributed by atoms with Crippen molar-refractivity contribution in [1.82, 2.24) is 9.97 Å². The first-order valence-corrected chi connectivity index (χ1v) is 12.4. The summed E-state index contributed by atoms with van der Waals surface area (Å²) >= 11 is -2.48. The van der Waals surface area contributed by atoms with Crippen molar-refractivity contribution in [2.45, 2.75) is 16.5 Å². The summed E-state index contributed by atoms with van der Waals surface area (Å²) in [6.45, 7) is -1.67. The molecular formula is C12H9F6InN6. The molecular weight excluding hydrogens is 457 g/mol. The molecule has 6 nitrogen and oxygen atoms in total. The number of hydrogen-bond donors (Lipinski definition) is 2. The number of aromatic nitrogens is 2. The molecule has 25 heavy (non-hydrogen) atoms. The minimum absolute atomic E-state index is 0.306. The summed E-state index contributed by atoms with van der Waals surface area (Å²) in [6.07, 6.45) is -7.80. The molecule has 1 aromatic heterocycles. The predicted octanol–water partition coefficient (Wildman–Crippen LogP) is 2.90. The Labute approximate surface area is 145 Å². The van der Waals surface area contributed by atoms with Gasteiger partial charge in [0.2, 0.25) is 0 Å². The minimum atomic E-state index is -4.91. The Morgan fingerprint density at radius 2 is 1.92 bits per heavy atom. The zero-order chi connectivity index (χ0) is 18.7. The van der Waals surface area contributed by atoms with Gasteiger partial charge < -0.3 is 0 Å². The second kappa shape index (κ2) is 7.51. The maximum atomic E-state index is 12.9. The average molecular weight is 466 g/mol. The fourth-order valence-corrected chi connectivity index (χ4v) is 5.93. The molecule has 2 heterocycles. The standard InChI is InChI=1S/C10H7F6N5.C2H2N.In/c1-5(2-17)20-8-18-3-6(10(14,15)16)7(21-8)19-4-9(11,12)13;1-2-3;/h1-3H,4H2,(H2,18,19,20,21);1H2;/q-1;;+1. The summed E-state index contributed by atoms with van der Waals surface area (Å²) in [6, 6.07) is 1.99. The molecule has 1 aromatic rings. The van der Waals surface area contributed by atoms with Crippen molar-refractivity contribution in [3.8, 4) is 6.07 Å². The number of rotatable bonds is 5. The Bertz CT molecular complexity index is 735. The van der Waals surface area contributed by atoms with Gasteiger partial charge in [0.1, 0.15) is 0 Å². The van der Waals surface area contributed by atoms with E-state index in [-0.39, 0.29) is 5.95 Å². The molecule has 2 rings (SSSR count). The molecule has 1 aliphatic heterocycles. The van der Waals surface area contributed by atoms with Crippen LogP contribution in [0.4, 0.5) is 38.1 Å².